The second-order valence-electron chi connectivity index (χ2n) is 3.99. The fraction of sp³-hybridized carbons (Fsp3) is 0.600. The lowest BCUT2D eigenvalue weighted by Gasteiger charge is -2.21. The first-order valence-electron chi connectivity index (χ1n) is 5.87. The van der Waals surface area contributed by atoms with Crippen LogP contribution in [0.5, 0.6) is 0 Å². The Bertz CT molecular complexity index is 436. The van der Waals surface area contributed by atoms with Crippen molar-refractivity contribution in [1.29, 1.82) is 0 Å². The average Bonchev–Trinajstić information content (AvgIpc) is 2.43. The number of carbonyl (C=O) groups is 1. The van der Waals surface area contributed by atoms with Crippen LogP contribution in [-0.2, 0) is 4.79 Å². The highest BCUT2D eigenvalue weighted by Gasteiger charge is 2.15. The summed E-state index contributed by atoms with van der Waals surface area (Å²) in [5.41, 5.74) is 2.39. The van der Waals surface area contributed by atoms with E-state index in [1.54, 1.807) is 16.8 Å². The van der Waals surface area contributed by atoms with Crippen LogP contribution in [0.25, 0.3) is 0 Å². The molecule has 9 heteroatoms. The van der Waals surface area contributed by atoms with Gasteiger partial charge in [0.2, 0.25) is 23.8 Å². The van der Waals surface area contributed by atoms with Crippen LogP contribution in [0.4, 0.5) is 17.8 Å². The number of nitrogens with two attached hydrogens (primary N) is 1. The Kier molecular flexibility index (Phi) is 5.24. The second kappa shape index (κ2) is 6.69. The number of carbonyl (C=O) groups excluding carboxylic acids is 1. The zero-order valence-electron chi connectivity index (χ0n) is 11.6. The van der Waals surface area contributed by atoms with Crippen molar-refractivity contribution in [2.24, 2.45) is 5.84 Å². The third-order valence-corrected chi connectivity index (χ3v) is 2.42. The fourth-order valence-electron chi connectivity index (χ4n) is 1.34. The molecule has 1 aromatic heterocycles. The van der Waals surface area contributed by atoms with Crippen LogP contribution in [0.2, 0.25) is 0 Å². The van der Waals surface area contributed by atoms with Crippen molar-refractivity contribution in [2.45, 2.75) is 6.92 Å². The Morgan fingerprint density at radius 1 is 1.26 bits per heavy atom. The van der Waals surface area contributed by atoms with Crippen LogP contribution in [0.1, 0.15) is 6.92 Å². The molecule has 4 N–H and O–H groups in total. The summed E-state index contributed by atoms with van der Waals surface area (Å²) in [6, 6.07) is 0. The minimum atomic E-state index is -0.115. The SMILES string of the molecule is CCN(CC(=O)NC)c1nc(NN)nc(N(C)C)n1. The minimum absolute atomic E-state index is 0.115. The van der Waals surface area contributed by atoms with Crippen LogP contribution < -0.4 is 26.4 Å². The molecular formula is C10H20N8O. The van der Waals surface area contributed by atoms with Gasteiger partial charge in [0.25, 0.3) is 0 Å². The number of hydrogen-bond donors (Lipinski definition) is 3. The number of likely N-dealkylation sites (N-methyl/N-ethyl adjacent to an activating group) is 2. The Morgan fingerprint density at radius 2 is 1.89 bits per heavy atom. The highest BCUT2D eigenvalue weighted by molar-refractivity contribution is 5.80. The Balaban J connectivity index is 3.08. The van der Waals surface area contributed by atoms with Crippen molar-refractivity contribution in [3.63, 3.8) is 0 Å². The molecule has 0 atom stereocenters. The van der Waals surface area contributed by atoms with Gasteiger partial charge in [0, 0.05) is 27.7 Å². The Labute approximate surface area is 112 Å². The number of hydrazine groups is 1. The van der Waals surface area contributed by atoms with Gasteiger partial charge in [-0.25, -0.2) is 5.84 Å². The number of aromatic nitrogens is 3. The maximum Gasteiger partial charge on any atom is 0.243 e. The van der Waals surface area contributed by atoms with Gasteiger partial charge in [0.15, 0.2) is 0 Å². The number of nitrogens with zero attached hydrogens (tertiary/aromatic N) is 5. The summed E-state index contributed by atoms with van der Waals surface area (Å²) in [5, 5.41) is 2.56. The van der Waals surface area contributed by atoms with E-state index in [4.69, 9.17) is 5.84 Å². The van der Waals surface area contributed by atoms with Gasteiger partial charge in [-0.1, -0.05) is 0 Å². The third-order valence-electron chi connectivity index (χ3n) is 2.42. The molecule has 1 rings (SSSR count). The zero-order chi connectivity index (χ0) is 14.4. The van der Waals surface area contributed by atoms with E-state index < -0.39 is 0 Å². The summed E-state index contributed by atoms with van der Waals surface area (Å²) in [6.45, 7) is 2.68. The maximum atomic E-state index is 11.5. The molecule has 0 aromatic carbocycles. The molecule has 19 heavy (non-hydrogen) atoms. The molecule has 0 fully saturated rings. The molecule has 0 saturated heterocycles. The van der Waals surface area contributed by atoms with E-state index in [-0.39, 0.29) is 18.4 Å². The lowest BCUT2D eigenvalue weighted by molar-refractivity contribution is -0.119. The molecule has 0 saturated carbocycles. The first-order chi connectivity index (χ1) is 9.01. The van der Waals surface area contributed by atoms with Crippen LogP contribution in [-0.4, -0.2) is 55.1 Å². The van der Waals surface area contributed by atoms with Crippen molar-refractivity contribution in [1.82, 2.24) is 20.3 Å². The number of nitrogens with one attached hydrogen (secondary N) is 2. The van der Waals surface area contributed by atoms with Crippen LogP contribution in [0, 0.1) is 0 Å². The number of hydrogen-bond acceptors (Lipinski definition) is 8. The predicted molar refractivity (Wildman–Crippen MR) is 73.9 cm³/mol. The van der Waals surface area contributed by atoms with E-state index in [2.05, 4.69) is 25.7 Å². The zero-order valence-corrected chi connectivity index (χ0v) is 11.6. The van der Waals surface area contributed by atoms with E-state index in [0.717, 1.165) is 0 Å². The van der Waals surface area contributed by atoms with Crippen LogP contribution >= 0.6 is 0 Å². The first kappa shape index (κ1) is 14.9. The van der Waals surface area contributed by atoms with E-state index in [9.17, 15) is 4.79 Å². The first-order valence-corrected chi connectivity index (χ1v) is 5.87. The minimum Gasteiger partial charge on any atom is -0.358 e. The highest BCUT2D eigenvalue weighted by Crippen LogP contribution is 2.14. The van der Waals surface area contributed by atoms with Gasteiger partial charge < -0.3 is 15.1 Å². The van der Waals surface area contributed by atoms with Gasteiger partial charge in [-0.3, -0.25) is 10.2 Å². The number of nitrogen functional groups attached to an aromatic ring is 1. The van der Waals surface area contributed by atoms with E-state index in [1.165, 1.54) is 0 Å². The monoisotopic (exact) mass is 268 g/mol. The average molecular weight is 268 g/mol. The molecular weight excluding hydrogens is 248 g/mol. The van der Waals surface area contributed by atoms with Gasteiger partial charge in [0.05, 0.1) is 6.54 Å². The summed E-state index contributed by atoms with van der Waals surface area (Å²) in [7, 11) is 5.21. The van der Waals surface area contributed by atoms with Gasteiger partial charge in [-0.2, -0.15) is 15.0 Å². The molecule has 0 radical (unpaired) electrons. The maximum absolute atomic E-state index is 11.5. The summed E-state index contributed by atoms with van der Waals surface area (Å²) < 4.78 is 0. The largest absolute Gasteiger partial charge is 0.358 e. The van der Waals surface area contributed by atoms with Crippen molar-refractivity contribution in [2.75, 3.05) is 49.5 Å². The Hall–Kier alpha value is -2.16. The fourth-order valence-corrected chi connectivity index (χ4v) is 1.34. The van der Waals surface area contributed by atoms with Crippen molar-refractivity contribution < 1.29 is 4.79 Å². The molecule has 9 nitrogen and oxygen atoms in total. The molecule has 0 bridgehead atoms. The number of amides is 1. The van der Waals surface area contributed by atoms with Crippen LogP contribution in [0.3, 0.4) is 0 Å². The molecule has 0 unspecified atom stereocenters. The van der Waals surface area contributed by atoms with Crippen molar-refractivity contribution in [3.8, 4) is 0 Å². The topological polar surface area (TPSA) is 112 Å². The molecule has 0 spiro atoms. The van der Waals surface area contributed by atoms with Gasteiger partial charge in [0.1, 0.15) is 0 Å². The number of anilines is 3. The predicted octanol–water partition coefficient (Wildman–Crippen LogP) is -1.20. The van der Waals surface area contributed by atoms with Crippen molar-refractivity contribution >= 4 is 23.8 Å². The standard InChI is InChI=1S/C10H20N8O/c1-5-18(6-7(19)12-2)10-14-8(16-11)13-9(15-10)17(3)4/h5-6,11H2,1-4H3,(H,12,19)(H,13,14,15,16). The third kappa shape index (κ3) is 3.91. The van der Waals surface area contributed by atoms with E-state index in [0.29, 0.717) is 18.4 Å². The quantitative estimate of drug-likeness (QED) is 0.435. The number of rotatable bonds is 6. The van der Waals surface area contributed by atoms with Gasteiger partial charge >= 0.3 is 0 Å². The second-order valence-corrected chi connectivity index (χ2v) is 3.99. The summed E-state index contributed by atoms with van der Waals surface area (Å²) in [4.78, 5) is 27.5. The Morgan fingerprint density at radius 3 is 2.37 bits per heavy atom. The molecule has 0 aliphatic heterocycles. The summed E-state index contributed by atoms with van der Waals surface area (Å²) >= 11 is 0. The molecule has 0 aliphatic rings. The highest BCUT2D eigenvalue weighted by atomic mass is 16.1. The lowest BCUT2D eigenvalue weighted by Crippen LogP contribution is -2.37. The molecule has 106 valence electrons. The summed E-state index contributed by atoms with van der Waals surface area (Å²) in [6.07, 6.45) is 0. The van der Waals surface area contributed by atoms with Crippen molar-refractivity contribution in [3.05, 3.63) is 0 Å². The van der Waals surface area contributed by atoms with E-state index in [1.807, 2.05) is 21.0 Å². The van der Waals surface area contributed by atoms with Gasteiger partial charge in [-0.05, 0) is 6.92 Å². The lowest BCUT2D eigenvalue weighted by atomic mass is 10.5. The van der Waals surface area contributed by atoms with E-state index >= 15 is 0 Å². The smallest absolute Gasteiger partial charge is 0.243 e. The molecule has 1 heterocycles. The molecule has 1 amide bonds. The van der Waals surface area contributed by atoms with Crippen LogP contribution in [0.15, 0.2) is 0 Å². The summed E-state index contributed by atoms with van der Waals surface area (Å²) in [5.74, 6) is 6.34. The molecule has 1 aromatic rings. The molecule has 0 aliphatic carbocycles. The van der Waals surface area contributed by atoms with Gasteiger partial charge in [-0.15, -0.1) is 0 Å². The normalized spacial score (nSPS) is 9.95.